The largest absolute Gasteiger partial charge is 0.340 e. The van der Waals surface area contributed by atoms with E-state index in [0.717, 1.165) is 32.6 Å². The summed E-state index contributed by atoms with van der Waals surface area (Å²) in [4.78, 5) is 20.0. The van der Waals surface area contributed by atoms with E-state index in [4.69, 9.17) is 0 Å². The minimum absolute atomic E-state index is 0.235. The van der Waals surface area contributed by atoms with Crippen molar-refractivity contribution >= 4 is 5.91 Å². The number of amides is 1. The van der Waals surface area contributed by atoms with Crippen molar-refractivity contribution in [1.82, 2.24) is 14.7 Å². The van der Waals surface area contributed by atoms with Crippen molar-refractivity contribution in [2.45, 2.75) is 37.6 Å². The molecule has 1 aromatic rings. The molecule has 0 spiro atoms. The fraction of sp³-hybridized carbons (Fsp3) is 0.667. The molecule has 3 aliphatic rings. The zero-order valence-electron chi connectivity index (χ0n) is 15.4. The maximum atomic E-state index is 12.8. The normalized spacial score (nSPS) is 31.1. The van der Waals surface area contributed by atoms with Crippen LogP contribution in [0, 0.1) is 5.92 Å². The van der Waals surface area contributed by atoms with Gasteiger partial charge in [0.05, 0.1) is 0 Å². The van der Waals surface area contributed by atoms with Crippen LogP contribution in [0.25, 0.3) is 0 Å². The highest BCUT2D eigenvalue weighted by Gasteiger charge is 2.46. The van der Waals surface area contributed by atoms with Gasteiger partial charge in [0.2, 0.25) is 5.91 Å². The number of piperidine rings is 1. The summed E-state index contributed by atoms with van der Waals surface area (Å²) in [5, 5.41) is 0. The summed E-state index contributed by atoms with van der Waals surface area (Å²) in [5.74, 6) is 1.09. The van der Waals surface area contributed by atoms with E-state index in [1.807, 2.05) is 6.07 Å². The minimum atomic E-state index is 0.235. The molecule has 4 rings (SSSR count). The molecule has 2 aliphatic heterocycles. The first-order chi connectivity index (χ1) is 12.2. The van der Waals surface area contributed by atoms with E-state index in [1.165, 1.54) is 37.9 Å². The number of likely N-dealkylation sites (tertiary alicyclic amines) is 1. The van der Waals surface area contributed by atoms with Crippen LogP contribution in [0.1, 0.15) is 37.2 Å². The number of likely N-dealkylation sites (N-methyl/N-ethyl adjacent to an activating group) is 1. The third kappa shape index (κ3) is 3.90. The summed E-state index contributed by atoms with van der Waals surface area (Å²) in [6, 6.07) is 11.2. The third-order valence-corrected chi connectivity index (χ3v) is 6.41. The number of nitrogens with zero attached hydrogens (tertiary/aromatic N) is 3. The van der Waals surface area contributed by atoms with Gasteiger partial charge in [-0.05, 0) is 44.3 Å². The predicted octanol–water partition coefficient (Wildman–Crippen LogP) is 2.42. The van der Waals surface area contributed by atoms with Gasteiger partial charge in [0.15, 0.2) is 0 Å². The molecule has 0 bridgehead atoms. The zero-order valence-corrected chi connectivity index (χ0v) is 15.4. The molecule has 0 aromatic heterocycles. The van der Waals surface area contributed by atoms with Crippen LogP contribution in [0.4, 0.5) is 0 Å². The van der Waals surface area contributed by atoms with Crippen LogP contribution in [0.2, 0.25) is 0 Å². The molecular formula is C21H31N3O. The lowest BCUT2D eigenvalue weighted by Crippen LogP contribution is -2.53. The van der Waals surface area contributed by atoms with Gasteiger partial charge in [0, 0.05) is 44.7 Å². The maximum absolute atomic E-state index is 12.8. The summed E-state index contributed by atoms with van der Waals surface area (Å²) >= 11 is 0. The molecule has 0 N–H and O–H groups in total. The minimum Gasteiger partial charge on any atom is -0.340 e. The molecule has 1 aliphatic carbocycles. The van der Waals surface area contributed by atoms with Crippen molar-refractivity contribution < 1.29 is 4.79 Å². The molecule has 2 heterocycles. The number of benzene rings is 1. The summed E-state index contributed by atoms with van der Waals surface area (Å²) in [6.07, 6.45) is 5.08. The smallest absolute Gasteiger partial charge is 0.226 e. The highest BCUT2D eigenvalue weighted by atomic mass is 16.2. The molecule has 1 saturated carbocycles. The van der Waals surface area contributed by atoms with E-state index in [-0.39, 0.29) is 5.92 Å². The maximum Gasteiger partial charge on any atom is 0.226 e. The Hall–Kier alpha value is -1.39. The topological polar surface area (TPSA) is 26.8 Å². The molecule has 3 atom stereocenters. The molecule has 25 heavy (non-hydrogen) atoms. The Bertz CT molecular complexity index is 582. The molecule has 3 fully saturated rings. The quantitative estimate of drug-likeness (QED) is 0.841. The van der Waals surface area contributed by atoms with Gasteiger partial charge < -0.3 is 9.80 Å². The highest BCUT2D eigenvalue weighted by Crippen LogP contribution is 2.48. The van der Waals surface area contributed by atoms with Crippen LogP contribution in [0.5, 0.6) is 0 Å². The Kier molecular flexibility index (Phi) is 5.09. The highest BCUT2D eigenvalue weighted by molar-refractivity contribution is 5.83. The SMILES string of the molecule is CN1CCCCC1CN1CCN(C(=O)C2CC2c2ccccc2)CC1. The summed E-state index contributed by atoms with van der Waals surface area (Å²) < 4.78 is 0. The van der Waals surface area contributed by atoms with Crippen molar-refractivity contribution in [1.29, 1.82) is 0 Å². The average Bonchev–Trinajstić information content (AvgIpc) is 3.45. The first kappa shape index (κ1) is 17.0. The van der Waals surface area contributed by atoms with E-state index in [9.17, 15) is 4.79 Å². The van der Waals surface area contributed by atoms with Gasteiger partial charge in [-0.15, -0.1) is 0 Å². The molecule has 136 valence electrons. The van der Waals surface area contributed by atoms with Gasteiger partial charge in [-0.25, -0.2) is 0 Å². The number of hydrogen-bond acceptors (Lipinski definition) is 3. The van der Waals surface area contributed by atoms with E-state index in [0.29, 0.717) is 17.9 Å². The first-order valence-electron chi connectivity index (χ1n) is 9.98. The molecule has 1 aromatic carbocycles. The molecule has 2 saturated heterocycles. The van der Waals surface area contributed by atoms with E-state index >= 15 is 0 Å². The number of carbonyl (C=O) groups excluding carboxylic acids is 1. The van der Waals surface area contributed by atoms with Gasteiger partial charge in [-0.3, -0.25) is 9.69 Å². The first-order valence-corrected chi connectivity index (χ1v) is 9.98. The zero-order chi connectivity index (χ0) is 17.2. The lowest BCUT2D eigenvalue weighted by Gasteiger charge is -2.40. The summed E-state index contributed by atoms with van der Waals surface area (Å²) in [6.45, 7) is 6.32. The predicted molar refractivity (Wildman–Crippen MR) is 101 cm³/mol. The molecule has 4 nitrogen and oxygen atoms in total. The van der Waals surface area contributed by atoms with Crippen molar-refractivity contribution in [3.05, 3.63) is 35.9 Å². The Morgan fingerprint density at radius 2 is 1.80 bits per heavy atom. The third-order valence-electron chi connectivity index (χ3n) is 6.41. The standard InChI is InChI=1S/C21H31N3O/c1-22-10-6-5-9-18(22)16-23-11-13-24(14-12-23)21(25)20-15-19(20)17-7-3-2-4-8-17/h2-4,7-8,18-20H,5-6,9-16H2,1H3. The number of hydrogen-bond donors (Lipinski definition) is 0. The molecule has 3 unspecified atom stereocenters. The van der Waals surface area contributed by atoms with Gasteiger partial charge in [0.25, 0.3) is 0 Å². The molecule has 1 amide bonds. The van der Waals surface area contributed by atoms with Gasteiger partial charge >= 0.3 is 0 Å². The van der Waals surface area contributed by atoms with E-state index < -0.39 is 0 Å². The van der Waals surface area contributed by atoms with Crippen molar-refractivity contribution in [2.24, 2.45) is 5.92 Å². The van der Waals surface area contributed by atoms with Crippen LogP contribution in [0.15, 0.2) is 30.3 Å². The second kappa shape index (κ2) is 7.46. The Morgan fingerprint density at radius 1 is 1.04 bits per heavy atom. The van der Waals surface area contributed by atoms with Gasteiger partial charge in [-0.1, -0.05) is 36.8 Å². The van der Waals surface area contributed by atoms with Crippen LogP contribution >= 0.6 is 0 Å². The van der Waals surface area contributed by atoms with Crippen LogP contribution in [-0.4, -0.2) is 73.0 Å². The fourth-order valence-electron chi connectivity index (χ4n) is 4.59. The second-order valence-electron chi connectivity index (χ2n) is 8.12. The Labute approximate surface area is 151 Å². The van der Waals surface area contributed by atoms with Crippen LogP contribution in [0.3, 0.4) is 0 Å². The summed E-state index contributed by atoms with van der Waals surface area (Å²) in [5.41, 5.74) is 1.33. The lowest BCUT2D eigenvalue weighted by atomic mass is 10.0. The number of carbonyl (C=O) groups is 1. The molecule has 4 heteroatoms. The lowest BCUT2D eigenvalue weighted by molar-refractivity contribution is -0.134. The van der Waals surface area contributed by atoms with Crippen LogP contribution in [-0.2, 0) is 4.79 Å². The van der Waals surface area contributed by atoms with E-state index in [2.05, 4.69) is 46.0 Å². The average molecular weight is 341 g/mol. The Balaban J connectivity index is 1.24. The van der Waals surface area contributed by atoms with E-state index in [1.54, 1.807) is 0 Å². The van der Waals surface area contributed by atoms with Gasteiger partial charge in [0.1, 0.15) is 0 Å². The molecular weight excluding hydrogens is 310 g/mol. The second-order valence-corrected chi connectivity index (χ2v) is 8.12. The van der Waals surface area contributed by atoms with Crippen molar-refractivity contribution in [3.63, 3.8) is 0 Å². The van der Waals surface area contributed by atoms with Crippen molar-refractivity contribution in [3.8, 4) is 0 Å². The monoisotopic (exact) mass is 341 g/mol. The Morgan fingerprint density at radius 3 is 2.52 bits per heavy atom. The van der Waals surface area contributed by atoms with Gasteiger partial charge in [-0.2, -0.15) is 0 Å². The number of rotatable bonds is 4. The fourth-order valence-corrected chi connectivity index (χ4v) is 4.59. The summed E-state index contributed by atoms with van der Waals surface area (Å²) in [7, 11) is 2.26. The van der Waals surface area contributed by atoms with Crippen molar-refractivity contribution in [2.75, 3.05) is 46.3 Å². The molecule has 0 radical (unpaired) electrons. The van der Waals surface area contributed by atoms with Crippen LogP contribution < -0.4 is 0 Å². The number of piperazine rings is 1.